The summed E-state index contributed by atoms with van der Waals surface area (Å²) in [5.41, 5.74) is 7.33. The quantitative estimate of drug-likeness (QED) is 0.555. The van der Waals surface area contributed by atoms with Crippen LogP contribution in [-0.4, -0.2) is 49.5 Å². The molecule has 1 aromatic heterocycles. The first kappa shape index (κ1) is 18.3. The van der Waals surface area contributed by atoms with Crippen molar-refractivity contribution in [2.45, 2.75) is 32.4 Å². The van der Waals surface area contributed by atoms with E-state index in [1.54, 1.807) is 7.05 Å². The molecular formula is C19H27N5O2. The molecule has 1 aromatic carbocycles. The zero-order valence-electron chi connectivity index (χ0n) is 15.4. The molecule has 0 bridgehead atoms. The van der Waals surface area contributed by atoms with Crippen LogP contribution in [-0.2, 0) is 11.3 Å². The van der Waals surface area contributed by atoms with Crippen molar-refractivity contribution in [1.82, 2.24) is 15.5 Å². The number of rotatable bonds is 5. The Labute approximate surface area is 153 Å². The number of likely N-dealkylation sites (tertiary alicyclic amines) is 1. The van der Waals surface area contributed by atoms with E-state index in [1.807, 2.05) is 18.2 Å². The zero-order valence-corrected chi connectivity index (χ0v) is 15.4. The van der Waals surface area contributed by atoms with Crippen molar-refractivity contribution in [2.24, 2.45) is 10.7 Å². The third kappa shape index (κ3) is 4.35. The topological polar surface area (TPSA) is 95.9 Å². The Morgan fingerprint density at radius 3 is 2.73 bits per heavy atom. The van der Waals surface area contributed by atoms with Crippen molar-refractivity contribution in [3.63, 3.8) is 0 Å². The van der Waals surface area contributed by atoms with Gasteiger partial charge in [0.2, 0.25) is 5.91 Å². The number of furan rings is 1. The number of nitrogens with two attached hydrogens (primary N) is 1. The Kier molecular flexibility index (Phi) is 5.78. The standard InChI is InChI=1S/C19H27N5O2/c1-13-15-5-3-4-6-16(15)26-17(13)11-22-19(21-2)23-14-7-9-24(10-8-14)12-18(20)25/h3-6,14H,7-12H2,1-2H3,(H2,20,25)(H2,21,22,23). The molecule has 140 valence electrons. The molecule has 0 radical (unpaired) electrons. The first-order valence-electron chi connectivity index (χ1n) is 9.01. The molecule has 0 spiro atoms. The van der Waals surface area contributed by atoms with Crippen molar-refractivity contribution in [3.05, 3.63) is 35.6 Å². The first-order chi connectivity index (χ1) is 12.6. The number of benzene rings is 1. The fourth-order valence-corrected chi connectivity index (χ4v) is 3.40. The predicted molar refractivity (Wildman–Crippen MR) is 103 cm³/mol. The fraction of sp³-hybridized carbons (Fsp3) is 0.474. The van der Waals surface area contributed by atoms with Crippen molar-refractivity contribution < 1.29 is 9.21 Å². The summed E-state index contributed by atoms with van der Waals surface area (Å²) in [5.74, 6) is 1.42. The van der Waals surface area contributed by atoms with Gasteiger partial charge < -0.3 is 20.8 Å². The van der Waals surface area contributed by atoms with Gasteiger partial charge in [-0.25, -0.2) is 0 Å². The maximum atomic E-state index is 11.0. The third-order valence-electron chi connectivity index (χ3n) is 4.89. The average Bonchev–Trinajstić information content (AvgIpc) is 2.96. The van der Waals surface area contributed by atoms with E-state index in [1.165, 1.54) is 0 Å². The average molecular weight is 357 g/mol. The SMILES string of the molecule is CN=C(NCc1oc2ccccc2c1C)NC1CCN(CC(N)=O)CC1. The van der Waals surface area contributed by atoms with Gasteiger partial charge in [-0.05, 0) is 25.8 Å². The van der Waals surface area contributed by atoms with E-state index in [-0.39, 0.29) is 5.91 Å². The molecule has 1 amide bonds. The van der Waals surface area contributed by atoms with Gasteiger partial charge in [-0.15, -0.1) is 0 Å². The lowest BCUT2D eigenvalue weighted by Gasteiger charge is -2.32. The number of carbonyl (C=O) groups excluding carboxylic acids is 1. The van der Waals surface area contributed by atoms with E-state index < -0.39 is 0 Å². The maximum Gasteiger partial charge on any atom is 0.231 e. The second-order valence-corrected chi connectivity index (χ2v) is 6.73. The van der Waals surface area contributed by atoms with Crippen molar-refractivity contribution in [2.75, 3.05) is 26.7 Å². The normalized spacial score (nSPS) is 16.8. The zero-order chi connectivity index (χ0) is 18.5. The lowest BCUT2D eigenvalue weighted by atomic mass is 10.1. The van der Waals surface area contributed by atoms with Crippen molar-refractivity contribution >= 4 is 22.8 Å². The van der Waals surface area contributed by atoms with Crippen molar-refractivity contribution in [1.29, 1.82) is 0 Å². The van der Waals surface area contributed by atoms with E-state index >= 15 is 0 Å². The van der Waals surface area contributed by atoms with Crippen LogP contribution in [0.4, 0.5) is 0 Å². The molecule has 0 saturated carbocycles. The molecule has 1 aliphatic heterocycles. The highest BCUT2D eigenvalue weighted by atomic mass is 16.3. The molecule has 2 aromatic rings. The smallest absolute Gasteiger partial charge is 0.231 e. The summed E-state index contributed by atoms with van der Waals surface area (Å²) in [6.45, 7) is 4.72. The van der Waals surface area contributed by atoms with Crippen LogP contribution in [0, 0.1) is 6.92 Å². The number of guanidine groups is 1. The Balaban J connectivity index is 1.52. The van der Waals surface area contributed by atoms with Crippen LogP contribution in [0.15, 0.2) is 33.7 Å². The number of piperidine rings is 1. The molecule has 1 saturated heterocycles. The van der Waals surface area contributed by atoms with E-state index in [2.05, 4.69) is 33.5 Å². The summed E-state index contributed by atoms with van der Waals surface area (Å²) in [4.78, 5) is 17.4. The predicted octanol–water partition coefficient (Wildman–Crippen LogP) is 1.36. The van der Waals surface area contributed by atoms with E-state index in [0.717, 1.165) is 54.2 Å². The summed E-state index contributed by atoms with van der Waals surface area (Å²) in [6, 6.07) is 8.39. The van der Waals surface area contributed by atoms with Crippen LogP contribution >= 0.6 is 0 Å². The van der Waals surface area contributed by atoms with Gasteiger partial charge in [0, 0.05) is 37.1 Å². The Morgan fingerprint density at radius 1 is 1.35 bits per heavy atom. The Bertz CT molecular complexity index is 790. The fourth-order valence-electron chi connectivity index (χ4n) is 3.40. The van der Waals surface area contributed by atoms with Crippen LogP contribution in [0.5, 0.6) is 0 Å². The molecule has 7 nitrogen and oxygen atoms in total. The largest absolute Gasteiger partial charge is 0.459 e. The van der Waals surface area contributed by atoms with Crippen LogP contribution in [0.1, 0.15) is 24.2 Å². The molecule has 1 aliphatic rings. The van der Waals surface area contributed by atoms with E-state index in [4.69, 9.17) is 10.2 Å². The minimum atomic E-state index is -0.268. The van der Waals surface area contributed by atoms with Gasteiger partial charge in [0.1, 0.15) is 11.3 Å². The van der Waals surface area contributed by atoms with E-state index in [0.29, 0.717) is 19.1 Å². The van der Waals surface area contributed by atoms with Gasteiger partial charge in [0.25, 0.3) is 0 Å². The van der Waals surface area contributed by atoms with Crippen molar-refractivity contribution in [3.8, 4) is 0 Å². The van der Waals surface area contributed by atoms with Gasteiger partial charge in [-0.2, -0.15) is 0 Å². The monoisotopic (exact) mass is 357 g/mol. The summed E-state index contributed by atoms with van der Waals surface area (Å²) in [6.07, 6.45) is 1.91. The summed E-state index contributed by atoms with van der Waals surface area (Å²) in [5, 5.41) is 7.94. The summed E-state index contributed by atoms with van der Waals surface area (Å²) < 4.78 is 5.94. The second kappa shape index (κ2) is 8.23. The summed E-state index contributed by atoms with van der Waals surface area (Å²) >= 11 is 0. The molecular weight excluding hydrogens is 330 g/mol. The molecule has 0 atom stereocenters. The number of para-hydroxylation sites is 1. The van der Waals surface area contributed by atoms with Gasteiger partial charge in [0.05, 0.1) is 13.1 Å². The molecule has 1 fully saturated rings. The van der Waals surface area contributed by atoms with Gasteiger partial charge >= 0.3 is 0 Å². The van der Waals surface area contributed by atoms with Gasteiger partial charge in [0.15, 0.2) is 5.96 Å². The highest BCUT2D eigenvalue weighted by Gasteiger charge is 2.21. The number of carbonyl (C=O) groups is 1. The van der Waals surface area contributed by atoms with Gasteiger partial charge in [-0.1, -0.05) is 18.2 Å². The molecule has 4 N–H and O–H groups in total. The molecule has 2 heterocycles. The van der Waals surface area contributed by atoms with E-state index in [9.17, 15) is 4.79 Å². The number of nitrogens with zero attached hydrogens (tertiary/aromatic N) is 2. The minimum Gasteiger partial charge on any atom is -0.459 e. The molecule has 3 rings (SSSR count). The summed E-state index contributed by atoms with van der Waals surface area (Å²) in [7, 11) is 1.77. The Morgan fingerprint density at radius 2 is 2.08 bits per heavy atom. The number of nitrogens with one attached hydrogen (secondary N) is 2. The number of aliphatic imine (C=N–C) groups is 1. The van der Waals surface area contributed by atoms with Gasteiger partial charge in [-0.3, -0.25) is 14.7 Å². The number of hydrogen-bond donors (Lipinski definition) is 3. The van der Waals surface area contributed by atoms with Crippen LogP contribution < -0.4 is 16.4 Å². The number of fused-ring (bicyclic) bond motifs is 1. The van der Waals surface area contributed by atoms with Crippen LogP contribution in [0.3, 0.4) is 0 Å². The van der Waals surface area contributed by atoms with Crippen LogP contribution in [0.25, 0.3) is 11.0 Å². The first-order valence-corrected chi connectivity index (χ1v) is 9.01. The molecule has 0 aliphatic carbocycles. The lowest BCUT2D eigenvalue weighted by molar-refractivity contribution is -0.119. The lowest BCUT2D eigenvalue weighted by Crippen LogP contribution is -2.49. The molecule has 26 heavy (non-hydrogen) atoms. The third-order valence-corrected chi connectivity index (χ3v) is 4.89. The van der Waals surface area contributed by atoms with Crippen LogP contribution in [0.2, 0.25) is 0 Å². The molecule has 0 unspecified atom stereocenters. The highest BCUT2D eigenvalue weighted by Crippen LogP contribution is 2.24. The molecule has 7 heteroatoms. The number of aryl methyl sites for hydroxylation is 1. The number of primary amides is 1. The number of hydrogen-bond acceptors (Lipinski definition) is 4. The number of amides is 1. The second-order valence-electron chi connectivity index (χ2n) is 6.73. The minimum absolute atomic E-state index is 0.268. The maximum absolute atomic E-state index is 11.0. The highest BCUT2D eigenvalue weighted by molar-refractivity contribution is 5.83. The Hall–Kier alpha value is -2.54.